The Morgan fingerprint density at radius 3 is 2.39 bits per heavy atom. The highest BCUT2D eigenvalue weighted by Crippen LogP contribution is 2.27. The summed E-state index contributed by atoms with van der Waals surface area (Å²) in [5.41, 5.74) is 6.50. The molecule has 0 saturated carbocycles. The van der Waals surface area contributed by atoms with Crippen LogP contribution in [-0.4, -0.2) is 59.5 Å². The number of nitrogens with two attached hydrogens (primary N) is 1. The smallest absolute Gasteiger partial charge is 0.317 e. The third-order valence-corrected chi connectivity index (χ3v) is 4.86. The average Bonchev–Trinajstić information content (AvgIpc) is 2.49. The summed E-state index contributed by atoms with van der Waals surface area (Å²) in [6.45, 7) is 1.48. The van der Waals surface area contributed by atoms with Crippen LogP contribution in [0.15, 0.2) is 28.7 Å². The van der Waals surface area contributed by atoms with Gasteiger partial charge in [0.2, 0.25) is 5.91 Å². The molecule has 0 radical (unpaired) electrons. The lowest BCUT2D eigenvalue weighted by molar-refractivity contribution is -0.138. The van der Waals surface area contributed by atoms with E-state index in [4.69, 9.17) is 10.8 Å². The first-order valence-corrected chi connectivity index (χ1v) is 8.38. The van der Waals surface area contributed by atoms with Gasteiger partial charge in [-0.15, -0.1) is 0 Å². The highest BCUT2D eigenvalue weighted by molar-refractivity contribution is 9.10. The maximum Gasteiger partial charge on any atom is 0.317 e. The largest absolute Gasteiger partial charge is 0.480 e. The quantitative estimate of drug-likeness (QED) is 0.776. The molecule has 0 bridgehead atoms. The third kappa shape index (κ3) is 4.76. The van der Waals surface area contributed by atoms with Crippen LogP contribution in [0.1, 0.15) is 24.4 Å². The van der Waals surface area contributed by atoms with Crippen LogP contribution >= 0.6 is 15.9 Å². The van der Waals surface area contributed by atoms with Gasteiger partial charge in [-0.05, 0) is 37.6 Å². The molecule has 3 N–H and O–H groups in total. The van der Waals surface area contributed by atoms with Gasteiger partial charge in [0.05, 0.1) is 6.54 Å². The average molecular weight is 384 g/mol. The second-order valence-electron chi connectivity index (χ2n) is 5.93. The Hall–Kier alpha value is -1.44. The first-order valence-electron chi connectivity index (χ1n) is 7.59. The van der Waals surface area contributed by atoms with Crippen molar-refractivity contribution in [2.75, 3.05) is 26.7 Å². The predicted molar refractivity (Wildman–Crippen MR) is 90.9 cm³/mol. The summed E-state index contributed by atoms with van der Waals surface area (Å²) in [4.78, 5) is 26.7. The summed E-state index contributed by atoms with van der Waals surface area (Å²) in [6.07, 6.45) is 1.65. The lowest BCUT2D eigenvalue weighted by Crippen LogP contribution is -2.48. The molecule has 1 saturated heterocycles. The van der Waals surface area contributed by atoms with E-state index in [9.17, 15) is 9.59 Å². The molecule has 1 amide bonds. The first kappa shape index (κ1) is 17.9. The monoisotopic (exact) mass is 383 g/mol. The number of nitrogens with zero attached hydrogens (tertiary/aromatic N) is 2. The van der Waals surface area contributed by atoms with E-state index in [1.54, 1.807) is 0 Å². The van der Waals surface area contributed by atoms with Gasteiger partial charge in [0.15, 0.2) is 0 Å². The number of rotatable bonds is 6. The molecule has 1 aromatic carbocycles. The molecule has 1 heterocycles. The number of likely N-dealkylation sites (tertiary alicyclic amines) is 1. The van der Waals surface area contributed by atoms with Gasteiger partial charge in [0.1, 0.15) is 6.04 Å². The fraction of sp³-hybridized carbons (Fsp3) is 0.500. The second-order valence-corrected chi connectivity index (χ2v) is 6.85. The van der Waals surface area contributed by atoms with Gasteiger partial charge in [-0.1, -0.05) is 28.1 Å². The van der Waals surface area contributed by atoms with E-state index >= 15 is 0 Å². The Morgan fingerprint density at radius 1 is 1.35 bits per heavy atom. The number of primary amides is 1. The van der Waals surface area contributed by atoms with Crippen molar-refractivity contribution < 1.29 is 14.7 Å². The molecule has 0 aromatic heterocycles. The fourth-order valence-electron chi connectivity index (χ4n) is 3.13. The van der Waals surface area contributed by atoms with Gasteiger partial charge in [-0.25, -0.2) is 0 Å². The van der Waals surface area contributed by atoms with Crippen LogP contribution in [0.5, 0.6) is 0 Å². The SMILES string of the molecule is CN(CC(=O)O)C1CCN(C(C(N)=O)c2ccc(Br)cc2)CC1. The molecule has 23 heavy (non-hydrogen) atoms. The van der Waals surface area contributed by atoms with E-state index in [1.165, 1.54) is 0 Å². The van der Waals surface area contributed by atoms with E-state index in [-0.39, 0.29) is 18.5 Å². The van der Waals surface area contributed by atoms with Crippen molar-refractivity contribution in [1.29, 1.82) is 0 Å². The van der Waals surface area contributed by atoms with Gasteiger partial charge < -0.3 is 10.8 Å². The molecule has 1 aliphatic rings. The van der Waals surface area contributed by atoms with Crippen LogP contribution in [0.3, 0.4) is 0 Å². The summed E-state index contributed by atoms with van der Waals surface area (Å²) >= 11 is 3.39. The molecule has 2 rings (SSSR count). The highest BCUT2D eigenvalue weighted by Gasteiger charge is 2.31. The van der Waals surface area contributed by atoms with Crippen molar-refractivity contribution in [2.45, 2.75) is 24.9 Å². The zero-order valence-corrected chi connectivity index (χ0v) is 14.7. The number of aliphatic carboxylic acids is 1. The lowest BCUT2D eigenvalue weighted by Gasteiger charge is -2.39. The molecule has 6 nitrogen and oxygen atoms in total. The van der Waals surface area contributed by atoms with Crippen LogP contribution in [-0.2, 0) is 9.59 Å². The van der Waals surface area contributed by atoms with Gasteiger partial charge in [-0.2, -0.15) is 0 Å². The number of amides is 1. The minimum absolute atomic E-state index is 0.0383. The molecule has 126 valence electrons. The van der Waals surface area contributed by atoms with Crippen LogP contribution in [0.2, 0.25) is 0 Å². The Bertz CT molecular complexity index is 556. The number of hydrogen-bond donors (Lipinski definition) is 2. The molecule has 1 atom stereocenters. The maximum atomic E-state index is 11.9. The van der Waals surface area contributed by atoms with E-state index in [0.717, 1.165) is 36.0 Å². The van der Waals surface area contributed by atoms with Crippen molar-refractivity contribution in [3.8, 4) is 0 Å². The number of likely N-dealkylation sites (N-methyl/N-ethyl adjacent to an activating group) is 1. The van der Waals surface area contributed by atoms with Crippen molar-refractivity contribution in [3.63, 3.8) is 0 Å². The predicted octanol–water partition coefficient (Wildman–Crippen LogP) is 1.46. The van der Waals surface area contributed by atoms with Gasteiger partial charge in [0.25, 0.3) is 0 Å². The number of benzene rings is 1. The lowest BCUT2D eigenvalue weighted by atomic mass is 9.98. The van der Waals surface area contributed by atoms with E-state index in [0.29, 0.717) is 0 Å². The van der Waals surface area contributed by atoms with E-state index in [1.807, 2.05) is 36.2 Å². The van der Waals surface area contributed by atoms with Crippen molar-refractivity contribution >= 4 is 27.8 Å². The van der Waals surface area contributed by atoms with Gasteiger partial charge >= 0.3 is 5.97 Å². The molecular formula is C16H22BrN3O3. The van der Waals surface area contributed by atoms with Crippen LogP contribution in [0, 0.1) is 0 Å². The van der Waals surface area contributed by atoms with Crippen molar-refractivity contribution in [1.82, 2.24) is 9.80 Å². The maximum absolute atomic E-state index is 11.9. The number of piperidine rings is 1. The Balaban J connectivity index is 2.02. The number of carbonyl (C=O) groups is 2. The van der Waals surface area contributed by atoms with Gasteiger partial charge in [0, 0.05) is 23.6 Å². The Morgan fingerprint density at radius 2 is 1.91 bits per heavy atom. The van der Waals surface area contributed by atoms with Crippen LogP contribution < -0.4 is 5.73 Å². The number of carboxylic acid groups (broad SMARTS) is 1. The molecule has 1 fully saturated rings. The third-order valence-electron chi connectivity index (χ3n) is 4.33. The minimum Gasteiger partial charge on any atom is -0.480 e. The highest BCUT2D eigenvalue weighted by atomic mass is 79.9. The molecule has 0 aliphatic carbocycles. The second kappa shape index (κ2) is 7.90. The molecule has 1 aromatic rings. The van der Waals surface area contributed by atoms with Crippen molar-refractivity contribution in [2.24, 2.45) is 5.73 Å². The van der Waals surface area contributed by atoms with E-state index in [2.05, 4.69) is 20.8 Å². The molecular weight excluding hydrogens is 362 g/mol. The summed E-state index contributed by atoms with van der Waals surface area (Å²) < 4.78 is 0.957. The molecule has 1 aliphatic heterocycles. The zero-order valence-electron chi connectivity index (χ0n) is 13.1. The minimum atomic E-state index is -0.820. The molecule has 7 heteroatoms. The summed E-state index contributed by atoms with van der Waals surface area (Å²) in [5.74, 6) is -1.18. The van der Waals surface area contributed by atoms with Gasteiger partial charge in [-0.3, -0.25) is 19.4 Å². The van der Waals surface area contributed by atoms with E-state index < -0.39 is 12.0 Å². The molecule has 0 spiro atoms. The summed E-state index contributed by atoms with van der Waals surface area (Å²) in [7, 11) is 1.83. The normalized spacial score (nSPS) is 18.0. The fourth-order valence-corrected chi connectivity index (χ4v) is 3.39. The van der Waals surface area contributed by atoms with Crippen LogP contribution in [0.25, 0.3) is 0 Å². The Kier molecular flexibility index (Phi) is 6.15. The first-order chi connectivity index (χ1) is 10.9. The van der Waals surface area contributed by atoms with Crippen LogP contribution in [0.4, 0.5) is 0 Å². The number of hydrogen-bond acceptors (Lipinski definition) is 4. The van der Waals surface area contributed by atoms with Crippen molar-refractivity contribution in [3.05, 3.63) is 34.3 Å². The summed E-state index contributed by atoms with van der Waals surface area (Å²) in [6, 6.07) is 7.40. The zero-order chi connectivity index (χ0) is 17.0. The summed E-state index contributed by atoms with van der Waals surface area (Å²) in [5, 5.41) is 8.88. The topological polar surface area (TPSA) is 86.9 Å². The number of carboxylic acids is 1. The Labute approximate surface area is 144 Å². The number of carbonyl (C=O) groups excluding carboxylic acids is 1. The number of halogens is 1. The standard InChI is InChI=1S/C16H22BrN3O3/c1-19(10-14(21)22)13-6-8-20(9-7-13)15(16(18)23)11-2-4-12(17)5-3-11/h2-5,13,15H,6-10H2,1H3,(H2,18,23)(H,21,22). The molecule has 1 unspecified atom stereocenters.